The van der Waals surface area contributed by atoms with Crippen molar-refractivity contribution in [3.63, 3.8) is 0 Å². The Labute approximate surface area is 120 Å². The molecule has 3 N–H and O–H groups in total. The van der Waals surface area contributed by atoms with Gasteiger partial charge in [-0.1, -0.05) is 12.8 Å². The van der Waals surface area contributed by atoms with Gasteiger partial charge in [0.05, 0.1) is 0 Å². The summed E-state index contributed by atoms with van der Waals surface area (Å²) >= 11 is 0. The smallest absolute Gasteiger partial charge is 0.0459 e. The molecule has 2 aliphatic rings. The van der Waals surface area contributed by atoms with Crippen molar-refractivity contribution in [2.75, 3.05) is 0 Å². The minimum Gasteiger partial charge on any atom is -0.361 e. The molecule has 1 saturated carbocycles. The van der Waals surface area contributed by atoms with Crippen molar-refractivity contribution in [2.24, 2.45) is 11.7 Å². The minimum atomic E-state index is 0.338. The summed E-state index contributed by atoms with van der Waals surface area (Å²) in [4.78, 5) is 3.46. The Kier molecular flexibility index (Phi) is 3.07. The molecule has 106 valence electrons. The van der Waals surface area contributed by atoms with Crippen LogP contribution in [-0.2, 0) is 19.3 Å². The SMILES string of the molecule is NC(Cc1c[nH]c2cc3c(cc12)CCC3)C1CCCC1. The number of nitrogens with two attached hydrogens (primary N) is 1. The molecule has 20 heavy (non-hydrogen) atoms. The molecule has 1 fully saturated rings. The Morgan fingerprint density at radius 3 is 2.65 bits per heavy atom. The van der Waals surface area contributed by atoms with Gasteiger partial charge >= 0.3 is 0 Å². The number of nitrogens with one attached hydrogen (secondary N) is 1. The zero-order chi connectivity index (χ0) is 13.5. The molecule has 0 saturated heterocycles. The molecule has 0 spiro atoms. The summed E-state index contributed by atoms with van der Waals surface area (Å²) in [5, 5.41) is 1.42. The van der Waals surface area contributed by atoms with E-state index in [1.807, 2.05) is 0 Å². The number of hydrogen-bond donors (Lipinski definition) is 2. The summed E-state index contributed by atoms with van der Waals surface area (Å²) in [5.74, 6) is 0.745. The van der Waals surface area contributed by atoms with Gasteiger partial charge in [0.1, 0.15) is 0 Å². The van der Waals surface area contributed by atoms with Gasteiger partial charge in [-0.15, -0.1) is 0 Å². The van der Waals surface area contributed by atoms with Crippen molar-refractivity contribution in [2.45, 2.75) is 57.4 Å². The standard InChI is InChI=1S/C18H24N2/c19-17(12-4-1-2-5-12)9-15-11-20-18-10-14-7-3-6-13(14)8-16(15)18/h8,10-12,17,20H,1-7,9,19H2. The van der Waals surface area contributed by atoms with Crippen LogP contribution < -0.4 is 5.73 Å². The summed E-state index contributed by atoms with van der Waals surface area (Å²) in [6.07, 6.45) is 12.5. The van der Waals surface area contributed by atoms with Gasteiger partial charge in [-0.05, 0) is 73.3 Å². The van der Waals surface area contributed by atoms with Gasteiger partial charge in [0.15, 0.2) is 0 Å². The Balaban J connectivity index is 1.63. The Morgan fingerprint density at radius 2 is 1.85 bits per heavy atom. The van der Waals surface area contributed by atoms with E-state index in [1.165, 1.54) is 61.4 Å². The van der Waals surface area contributed by atoms with Gasteiger partial charge in [-0.2, -0.15) is 0 Å². The lowest BCUT2D eigenvalue weighted by atomic mass is 9.92. The Hall–Kier alpha value is -1.28. The topological polar surface area (TPSA) is 41.8 Å². The number of hydrogen-bond acceptors (Lipinski definition) is 1. The number of rotatable bonds is 3. The van der Waals surface area contributed by atoms with E-state index >= 15 is 0 Å². The average Bonchev–Trinajstić information content (AvgIpc) is 3.17. The highest BCUT2D eigenvalue weighted by Gasteiger charge is 2.23. The molecule has 2 heteroatoms. The van der Waals surface area contributed by atoms with Crippen molar-refractivity contribution in [3.05, 3.63) is 35.0 Å². The van der Waals surface area contributed by atoms with Gasteiger partial charge in [-0.3, -0.25) is 0 Å². The number of fused-ring (bicyclic) bond motifs is 2. The summed E-state index contributed by atoms with van der Waals surface area (Å²) in [6, 6.07) is 5.12. The van der Waals surface area contributed by atoms with E-state index in [0.717, 1.165) is 12.3 Å². The van der Waals surface area contributed by atoms with E-state index < -0.39 is 0 Å². The molecule has 1 heterocycles. The second-order valence-corrected chi connectivity index (χ2v) is 6.75. The maximum atomic E-state index is 6.46. The molecule has 0 amide bonds. The maximum Gasteiger partial charge on any atom is 0.0459 e. The van der Waals surface area contributed by atoms with Crippen molar-refractivity contribution in [1.82, 2.24) is 4.98 Å². The van der Waals surface area contributed by atoms with Crippen LogP contribution in [0.15, 0.2) is 18.3 Å². The first-order valence-corrected chi connectivity index (χ1v) is 8.18. The molecule has 2 aromatic rings. The van der Waals surface area contributed by atoms with Crippen LogP contribution in [0, 0.1) is 5.92 Å². The maximum absolute atomic E-state index is 6.46. The normalized spacial score (nSPS) is 20.6. The zero-order valence-electron chi connectivity index (χ0n) is 12.1. The Bertz CT molecular complexity index is 620. The molecule has 2 nitrogen and oxygen atoms in total. The predicted octanol–water partition coefficient (Wildman–Crippen LogP) is 3.72. The van der Waals surface area contributed by atoms with E-state index in [0.29, 0.717) is 6.04 Å². The molecule has 2 aliphatic carbocycles. The summed E-state index contributed by atoms with van der Waals surface area (Å²) in [6.45, 7) is 0. The van der Waals surface area contributed by atoms with Crippen molar-refractivity contribution < 1.29 is 0 Å². The van der Waals surface area contributed by atoms with Gasteiger partial charge in [-0.25, -0.2) is 0 Å². The van der Waals surface area contributed by atoms with E-state index in [1.54, 1.807) is 11.1 Å². The first-order chi connectivity index (χ1) is 9.81. The zero-order valence-corrected chi connectivity index (χ0v) is 12.1. The number of aryl methyl sites for hydroxylation is 2. The fourth-order valence-electron chi connectivity index (χ4n) is 4.23. The molecule has 1 atom stereocenters. The van der Waals surface area contributed by atoms with E-state index in [2.05, 4.69) is 23.3 Å². The van der Waals surface area contributed by atoms with Crippen LogP contribution >= 0.6 is 0 Å². The first kappa shape index (κ1) is 12.5. The summed E-state index contributed by atoms with van der Waals surface area (Å²) in [5.41, 5.74) is 12.3. The molecule has 0 radical (unpaired) electrons. The highest BCUT2D eigenvalue weighted by Crippen LogP contribution is 2.32. The molecule has 1 aromatic carbocycles. The van der Waals surface area contributed by atoms with E-state index in [4.69, 9.17) is 5.73 Å². The predicted molar refractivity (Wildman–Crippen MR) is 84.0 cm³/mol. The lowest BCUT2D eigenvalue weighted by Gasteiger charge is -2.18. The van der Waals surface area contributed by atoms with E-state index in [-0.39, 0.29) is 0 Å². The largest absolute Gasteiger partial charge is 0.361 e. The first-order valence-electron chi connectivity index (χ1n) is 8.18. The second kappa shape index (κ2) is 4.92. The van der Waals surface area contributed by atoms with Crippen molar-refractivity contribution in [3.8, 4) is 0 Å². The lowest BCUT2D eigenvalue weighted by molar-refractivity contribution is 0.430. The monoisotopic (exact) mass is 268 g/mol. The lowest BCUT2D eigenvalue weighted by Crippen LogP contribution is -2.30. The number of benzene rings is 1. The third-order valence-corrected chi connectivity index (χ3v) is 5.44. The van der Waals surface area contributed by atoms with Crippen LogP contribution in [0.5, 0.6) is 0 Å². The van der Waals surface area contributed by atoms with Crippen LogP contribution in [0.3, 0.4) is 0 Å². The van der Waals surface area contributed by atoms with Crippen molar-refractivity contribution >= 4 is 10.9 Å². The third-order valence-electron chi connectivity index (χ3n) is 5.44. The molecular formula is C18H24N2. The second-order valence-electron chi connectivity index (χ2n) is 6.75. The molecule has 1 aromatic heterocycles. The quantitative estimate of drug-likeness (QED) is 0.875. The average molecular weight is 268 g/mol. The minimum absolute atomic E-state index is 0.338. The van der Waals surface area contributed by atoms with Crippen LogP contribution in [0.4, 0.5) is 0 Å². The number of H-pyrrole nitrogens is 1. The summed E-state index contributed by atoms with van der Waals surface area (Å²) < 4.78 is 0. The van der Waals surface area contributed by atoms with Crippen molar-refractivity contribution in [1.29, 1.82) is 0 Å². The van der Waals surface area contributed by atoms with Crippen LogP contribution in [0.1, 0.15) is 48.8 Å². The highest BCUT2D eigenvalue weighted by atomic mass is 14.7. The van der Waals surface area contributed by atoms with Crippen LogP contribution in [0.2, 0.25) is 0 Å². The van der Waals surface area contributed by atoms with Crippen LogP contribution in [0.25, 0.3) is 10.9 Å². The molecule has 0 aliphatic heterocycles. The fourth-order valence-corrected chi connectivity index (χ4v) is 4.23. The van der Waals surface area contributed by atoms with Gasteiger partial charge in [0, 0.05) is 23.1 Å². The summed E-state index contributed by atoms with van der Waals surface area (Å²) in [7, 11) is 0. The molecule has 0 bridgehead atoms. The third kappa shape index (κ3) is 2.07. The van der Waals surface area contributed by atoms with Gasteiger partial charge < -0.3 is 10.7 Å². The number of aromatic nitrogens is 1. The van der Waals surface area contributed by atoms with E-state index in [9.17, 15) is 0 Å². The molecule has 1 unspecified atom stereocenters. The van der Waals surface area contributed by atoms with Gasteiger partial charge in [0.25, 0.3) is 0 Å². The number of aromatic amines is 1. The highest BCUT2D eigenvalue weighted by molar-refractivity contribution is 5.85. The van der Waals surface area contributed by atoms with Gasteiger partial charge in [0.2, 0.25) is 0 Å². The molecular weight excluding hydrogens is 244 g/mol. The molecule has 4 rings (SSSR count). The fraction of sp³-hybridized carbons (Fsp3) is 0.556. The van der Waals surface area contributed by atoms with Crippen LogP contribution in [-0.4, -0.2) is 11.0 Å². The Morgan fingerprint density at radius 1 is 1.10 bits per heavy atom.